The fraction of sp³-hybridized carbons (Fsp3) is 0.769. The molecule has 1 aromatic heterocycles. The zero-order valence-corrected chi connectivity index (χ0v) is 12.6. The second-order valence-electron chi connectivity index (χ2n) is 4.08. The number of rotatable bonds is 10. The maximum Gasteiger partial charge on any atom is 0.107 e. The molecule has 0 amide bonds. The molecule has 1 heterocycles. The summed E-state index contributed by atoms with van der Waals surface area (Å²) in [5.41, 5.74) is 1.17. The van der Waals surface area contributed by atoms with Gasteiger partial charge in [0, 0.05) is 31.6 Å². The van der Waals surface area contributed by atoms with Gasteiger partial charge in [-0.25, -0.2) is 4.98 Å². The minimum Gasteiger partial charge on any atom is -0.380 e. The minimum absolute atomic E-state index is 0.793. The predicted molar refractivity (Wildman–Crippen MR) is 76.9 cm³/mol. The summed E-state index contributed by atoms with van der Waals surface area (Å²) in [7, 11) is 0. The Morgan fingerprint density at radius 2 is 2.22 bits per heavy atom. The van der Waals surface area contributed by atoms with E-state index in [-0.39, 0.29) is 0 Å². The van der Waals surface area contributed by atoms with Gasteiger partial charge >= 0.3 is 0 Å². The van der Waals surface area contributed by atoms with Crippen LogP contribution in [-0.2, 0) is 17.8 Å². The number of nitrogens with one attached hydrogen (secondary N) is 1. The molecule has 1 aromatic rings. The average molecular weight is 271 g/mol. The van der Waals surface area contributed by atoms with E-state index < -0.39 is 0 Å². The molecule has 0 fully saturated rings. The molecule has 0 saturated carbocycles. The van der Waals surface area contributed by atoms with E-state index in [9.17, 15) is 0 Å². The summed E-state index contributed by atoms with van der Waals surface area (Å²) >= 11 is 1.74. The topological polar surface area (TPSA) is 37.4 Å². The Morgan fingerprint density at radius 1 is 1.39 bits per heavy atom. The van der Waals surface area contributed by atoms with Gasteiger partial charge in [-0.15, -0.1) is 11.3 Å². The number of hydrogen-bond acceptors (Lipinski definition) is 5. The molecule has 104 valence electrons. The van der Waals surface area contributed by atoms with Crippen molar-refractivity contribution in [2.24, 2.45) is 0 Å². The summed E-state index contributed by atoms with van der Waals surface area (Å²) in [6, 6.07) is 0. The molecule has 0 aliphatic carbocycles. The van der Waals surface area contributed by atoms with Gasteiger partial charge in [0.1, 0.15) is 5.01 Å². The van der Waals surface area contributed by atoms with E-state index in [1.807, 2.05) is 6.92 Å². The maximum absolute atomic E-state index is 5.39. The van der Waals surface area contributed by atoms with Gasteiger partial charge in [-0.1, -0.05) is 13.8 Å². The van der Waals surface area contributed by atoms with Gasteiger partial charge in [-0.05, 0) is 20.0 Å². The van der Waals surface area contributed by atoms with Gasteiger partial charge in [-0.3, -0.25) is 4.90 Å². The van der Waals surface area contributed by atoms with Gasteiger partial charge in [0.25, 0.3) is 0 Å². The Hall–Kier alpha value is -0.490. The van der Waals surface area contributed by atoms with Crippen LogP contribution in [0.25, 0.3) is 0 Å². The number of likely N-dealkylation sites (N-methyl/N-ethyl adjacent to an activating group) is 1. The van der Waals surface area contributed by atoms with Crippen molar-refractivity contribution in [3.8, 4) is 0 Å². The van der Waals surface area contributed by atoms with E-state index in [1.54, 1.807) is 11.3 Å². The van der Waals surface area contributed by atoms with Crippen LogP contribution >= 0.6 is 11.3 Å². The maximum atomic E-state index is 5.39. The molecule has 1 N–H and O–H groups in total. The summed E-state index contributed by atoms with van der Waals surface area (Å²) in [6.45, 7) is 12.7. The predicted octanol–water partition coefficient (Wildman–Crippen LogP) is 2.11. The Labute approximate surface area is 114 Å². The van der Waals surface area contributed by atoms with Crippen LogP contribution in [0.4, 0.5) is 0 Å². The van der Waals surface area contributed by atoms with Crippen LogP contribution in [0.5, 0.6) is 0 Å². The van der Waals surface area contributed by atoms with E-state index in [2.05, 4.69) is 34.4 Å². The molecule has 0 radical (unpaired) electrons. The highest BCUT2D eigenvalue weighted by Crippen LogP contribution is 2.11. The number of ether oxygens (including phenoxy) is 1. The third kappa shape index (κ3) is 5.91. The molecule has 18 heavy (non-hydrogen) atoms. The van der Waals surface area contributed by atoms with E-state index in [1.165, 1.54) is 10.7 Å². The lowest BCUT2D eigenvalue weighted by atomic mass is 10.4. The van der Waals surface area contributed by atoms with Crippen molar-refractivity contribution in [2.45, 2.75) is 33.9 Å². The zero-order valence-electron chi connectivity index (χ0n) is 11.7. The highest BCUT2D eigenvalue weighted by atomic mass is 32.1. The lowest BCUT2D eigenvalue weighted by Crippen LogP contribution is -2.27. The van der Waals surface area contributed by atoms with Gasteiger partial charge < -0.3 is 10.1 Å². The average Bonchev–Trinajstić information content (AvgIpc) is 2.83. The van der Waals surface area contributed by atoms with Gasteiger partial charge in [0.2, 0.25) is 0 Å². The van der Waals surface area contributed by atoms with Gasteiger partial charge in [-0.2, -0.15) is 0 Å². The summed E-state index contributed by atoms with van der Waals surface area (Å²) in [5, 5.41) is 6.64. The lowest BCUT2D eigenvalue weighted by molar-refractivity contribution is 0.112. The first kappa shape index (κ1) is 15.6. The molecule has 0 spiro atoms. The monoisotopic (exact) mass is 271 g/mol. The molecule has 5 heteroatoms. The normalized spacial score (nSPS) is 11.3. The van der Waals surface area contributed by atoms with Gasteiger partial charge in [0.05, 0.1) is 12.3 Å². The molecule has 0 aromatic carbocycles. The SMILES string of the molecule is CCNCc1nc(CN(CC)CCOCC)cs1. The summed E-state index contributed by atoms with van der Waals surface area (Å²) in [4.78, 5) is 7.00. The van der Waals surface area contributed by atoms with Crippen molar-refractivity contribution in [1.82, 2.24) is 15.2 Å². The molecular formula is C13H25N3OS. The molecule has 0 saturated heterocycles. The van der Waals surface area contributed by atoms with E-state index in [0.717, 1.165) is 45.9 Å². The smallest absolute Gasteiger partial charge is 0.107 e. The fourth-order valence-corrected chi connectivity index (χ4v) is 2.41. The van der Waals surface area contributed by atoms with Crippen molar-refractivity contribution >= 4 is 11.3 Å². The fourth-order valence-electron chi connectivity index (χ4n) is 1.65. The van der Waals surface area contributed by atoms with E-state index in [0.29, 0.717) is 0 Å². The Balaban J connectivity index is 2.36. The van der Waals surface area contributed by atoms with Crippen LogP contribution in [0.3, 0.4) is 0 Å². The summed E-state index contributed by atoms with van der Waals surface area (Å²) in [6.07, 6.45) is 0. The first-order valence-electron chi connectivity index (χ1n) is 6.74. The quantitative estimate of drug-likeness (QED) is 0.661. The summed E-state index contributed by atoms with van der Waals surface area (Å²) in [5.74, 6) is 0. The molecule has 0 aliphatic heterocycles. The third-order valence-electron chi connectivity index (χ3n) is 2.71. The third-order valence-corrected chi connectivity index (χ3v) is 3.61. The first-order valence-corrected chi connectivity index (χ1v) is 7.62. The van der Waals surface area contributed by atoms with Crippen molar-refractivity contribution in [3.05, 3.63) is 16.1 Å². The van der Waals surface area contributed by atoms with Crippen LogP contribution < -0.4 is 5.32 Å². The standard InChI is InChI=1S/C13H25N3OS/c1-4-14-9-13-15-12(11-18-13)10-16(5-2)7-8-17-6-3/h11,14H,4-10H2,1-3H3. The Kier molecular flexibility index (Phi) is 8.17. The molecule has 0 unspecified atom stereocenters. The van der Waals surface area contributed by atoms with Crippen molar-refractivity contribution < 1.29 is 4.74 Å². The second kappa shape index (κ2) is 9.44. The Bertz CT molecular complexity index is 317. The number of thiazole rings is 1. The van der Waals surface area contributed by atoms with E-state index >= 15 is 0 Å². The molecule has 0 aliphatic rings. The minimum atomic E-state index is 0.793. The van der Waals surface area contributed by atoms with Crippen molar-refractivity contribution in [1.29, 1.82) is 0 Å². The number of hydrogen-bond donors (Lipinski definition) is 1. The Morgan fingerprint density at radius 3 is 2.89 bits per heavy atom. The zero-order chi connectivity index (χ0) is 13.2. The highest BCUT2D eigenvalue weighted by Gasteiger charge is 2.07. The van der Waals surface area contributed by atoms with Crippen LogP contribution in [-0.4, -0.2) is 42.7 Å². The molecule has 0 atom stereocenters. The number of nitrogens with zero attached hydrogens (tertiary/aromatic N) is 2. The van der Waals surface area contributed by atoms with Crippen molar-refractivity contribution in [2.75, 3.05) is 32.8 Å². The van der Waals surface area contributed by atoms with Crippen LogP contribution in [0.1, 0.15) is 31.5 Å². The van der Waals surface area contributed by atoms with Gasteiger partial charge in [0.15, 0.2) is 0 Å². The molecule has 1 rings (SSSR count). The second-order valence-corrected chi connectivity index (χ2v) is 5.02. The van der Waals surface area contributed by atoms with Crippen LogP contribution in [0, 0.1) is 0 Å². The highest BCUT2D eigenvalue weighted by molar-refractivity contribution is 7.09. The van der Waals surface area contributed by atoms with Crippen LogP contribution in [0.2, 0.25) is 0 Å². The lowest BCUT2D eigenvalue weighted by Gasteiger charge is -2.18. The van der Waals surface area contributed by atoms with E-state index in [4.69, 9.17) is 4.74 Å². The number of aromatic nitrogens is 1. The largest absolute Gasteiger partial charge is 0.380 e. The first-order chi connectivity index (χ1) is 8.80. The van der Waals surface area contributed by atoms with Crippen molar-refractivity contribution in [3.63, 3.8) is 0 Å². The summed E-state index contributed by atoms with van der Waals surface area (Å²) < 4.78 is 5.39. The van der Waals surface area contributed by atoms with Crippen LogP contribution in [0.15, 0.2) is 5.38 Å². The molecule has 4 nitrogen and oxygen atoms in total. The molecular weight excluding hydrogens is 246 g/mol. The molecule has 0 bridgehead atoms.